The maximum Gasteiger partial charge on any atom is 0.101 e. The number of rotatable bonds is 4. The standard InChI is InChI=1S/C16H22ClN3/c1-12(2)20(11-13-5-7-19-8-6-13)16-4-3-15(17)9-14(16)10-18/h3-4,9,12-13,19H,5-8,11H2,1-2H3. The molecule has 108 valence electrons. The van der Waals surface area contributed by atoms with Crippen molar-refractivity contribution in [2.24, 2.45) is 5.92 Å². The minimum atomic E-state index is 0.373. The van der Waals surface area contributed by atoms with Gasteiger partial charge in [0.05, 0.1) is 11.3 Å². The van der Waals surface area contributed by atoms with Crippen LogP contribution in [0.15, 0.2) is 18.2 Å². The van der Waals surface area contributed by atoms with Crippen molar-refractivity contribution < 1.29 is 0 Å². The highest BCUT2D eigenvalue weighted by Crippen LogP contribution is 2.27. The summed E-state index contributed by atoms with van der Waals surface area (Å²) in [4.78, 5) is 2.34. The highest BCUT2D eigenvalue weighted by molar-refractivity contribution is 6.30. The third kappa shape index (κ3) is 3.65. The number of halogens is 1. The van der Waals surface area contributed by atoms with E-state index < -0.39 is 0 Å². The molecule has 1 saturated heterocycles. The van der Waals surface area contributed by atoms with Gasteiger partial charge in [-0.3, -0.25) is 0 Å². The van der Waals surface area contributed by atoms with Crippen LogP contribution in [0, 0.1) is 17.2 Å². The predicted molar refractivity (Wildman–Crippen MR) is 84.2 cm³/mol. The molecule has 0 bridgehead atoms. The number of hydrogen-bond donors (Lipinski definition) is 1. The van der Waals surface area contributed by atoms with Crippen LogP contribution in [-0.2, 0) is 0 Å². The van der Waals surface area contributed by atoms with Crippen LogP contribution in [0.2, 0.25) is 5.02 Å². The Balaban J connectivity index is 2.22. The van der Waals surface area contributed by atoms with Gasteiger partial charge in [-0.1, -0.05) is 11.6 Å². The summed E-state index contributed by atoms with van der Waals surface area (Å²) in [6.45, 7) is 7.56. The minimum absolute atomic E-state index is 0.373. The zero-order valence-electron chi connectivity index (χ0n) is 12.2. The molecule has 0 saturated carbocycles. The molecule has 1 aromatic rings. The van der Waals surface area contributed by atoms with Gasteiger partial charge in [0.25, 0.3) is 0 Å². The highest BCUT2D eigenvalue weighted by Gasteiger charge is 2.21. The summed E-state index contributed by atoms with van der Waals surface area (Å²) in [5.74, 6) is 0.695. The first-order valence-corrected chi connectivity index (χ1v) is 7.66. The van der Waals surface area contributed by atoms with Crippen LogP contribution in [0.4, 0.5) is 5.69 Å². The molecule has 0 aliphatic carbocycles. The fourth-order valence-electron chi connectivity index (χ4n) is 2.78. The van der Waals surface area contributed by atoms with Crippen molar-refractivity contribution in [3.63, 3.8) is 0 Å². The van der Waals surface area contributed by atoms with Crippen LogP contribution in [0.1, 0.15) is 32.3 Å². The zero-order chi connectivity index (χ0) is 14.5. The zero-order valence-corrected chi connectivity index (χ0v) is 13.0. The number of benzene rings is 1. The Morgan fingerprint density at radius 2 is 2.10 bits per heavy atom. The summed E-state index contributed by atoms with van der Waals surface area (Å²) in [5.41, 5.74) is 1.67. The Labute approximate surface area is 126 Å². The van der Waals surface area contributed by atoms with E-state index in [1.165, 1.54) is 12.8 Å². The van der Waals surface area contributed by atoms with Gasteiger partial charge in [-0.25, -0.2) is 0 Å². The predicted octanol–water partition coefficient (Wildman–Crippen LogP) is 3.43. The molecule has 3 nitrogen and oxygen atoms in total. The minimum Gasteiger partial charge on any atom is -0.368 e. The van der Waals surface area contributed by atoms with E-state index in [9.17, 15) is 5.26 Å². The molecule has 1 heterocycles. The molecular weight excluding hydrogens is 270 g/mol. The summed E-state index contributed by atoms with van der Waals surface area (Å²) in [7, 11) is 0. The van der Waals surface area contributed by atoms with Crippen LogP contribution in [-0.4, -0.2) is 25.7 Å². The van der Waals surface area contributed by atoms with Gasteiger partial charge in [-0.2, -0.15) is 5.26 Å². The van der Waals surface area contributed by atoms with Gasteiger partial charge in [-0.15, -0.1) is 0 Å². The average Bonchev–Trinajstić information content (AvgIpc) is 2.46. The second-order valence-corrected chi connectivity index (χ2v) is 6.15. The van der Waals surface area contributed by atoms with E-state index in [1.807, 2.05) is 12.1 Å². The van der Waals surface area contributed by atoms with Crippen LogP contribution in [0.5, 0.6) is 0 Å². The lowest BCUT2D eigenvalue weighted by Gasteiger charge is -2.35. The molecule has 1 aliphatic rings. The summed E-state index contributed by atoms with van der Waals surface area (Å²) in [5, 5.41) is 13.4. The van der Waals surface area contributed by atoms with Crippen molar-refractivity contribution in [3.8, 4) is 6.07 Å². The van der Waals surface area contributed by atoms with E-state index in [-0.39, 0.29) is 0 Å². The third-order valence-electron chi connectivity index (χ3n) is 3.93. The molecule has 0 amide bonds. The normalized spacial score (nSPS) is 16.1. The Morgan fingerprint density at radius 1 is 1.40 bits per heavy atom. The quantitative estimate of drug-likeness (QED) is 0.924. The lowest BCUT2D eigenvalue weighted by molar-refractivity contribution is 0.368. The summed E-state index contributed by atoms with van der Waals surface area (Å²) in [6.07, 6.45) is 2.41. The first-order chi connectivity index (χ1) is 9.61. The molecular formula is C16H22ClN3. The largest absolute Gasteiger partial charge is 0.368 e. The van der Waals surface area contributed by atoms with Crippen molar-refractivity contribution in [2.45, 2.75) is 32.7 Å². The first kappa shape index (κ1) is 15.2. The Bertz CT molecular complexity index is 487. The van der Waals surface area contributed by atoms with Crippen LogP contribution >= 0.6 is 11.6 Å². The maximum absolute atomic E-state index is 9.33. The molecule has 1 fully saturated rings. The fourth-order valence-corrected chi connectivity index (χ4v) is 2.95. The lowest BCUT2D eigenvalue weighted by atomic mass is 9.96. The van der Waals surface area contributed by atoms with Gasteiger partial charge in [0.15, 0.2) is 0 Å². The van der Waals surface area contributed by atoms with Crippen molar-refractivity contribution in [1.82, 2.24) is 5.32 Å². The van der Waals surface area contributed by atoms with Gasteiger partial charge < -0.3 is 10.2 Å². The molecule has 0 radical (unpaired) electrons. The second kappa shape index (κ2) is 6.97. The molecule has 1 aliphatic heterocycles. The van der Waals surface area contributed by atoms with Crippen molar-refractivity contribution >= 4 is 17.3 Å². The van der Waals surface area contributed by atoms with E-state index >= 15 is 0 Å². The van der Waals surface area contributed by atoms with Crippen molar-refractivity contribution in [2.75, 3.05) is 24.5 Å². The number of nitrogens with one attached hydrogen (secondary N) is 1. The number of piperidine rings is 1. The van der Waals surface area contributed by atoms with Crippen molar-refractivity contribution in [3.05, 3.63) is 28.8 Å². The second-order valence-electron chi connectivity index (χ2n) is 5.71. The smallest absolute Gasteiger partial charge is 0.101 e. The van der Waals surface area contributed by atoms with E-state index in [1.54, 1.807) is 6.07 Å². The number of nitriles is 1. The van der Waals surface area contributed by atoms with Gasteiger partial charge >= 0.3 is 0 Å². The summed E-state index contributed by atoms with van der Waals surface area (Å²) in [6, 6.07) is 8.25. The fraction of sp³-hybridized carbons (Fsp3) is 0.562. The number of hydrogen-bond acceptors (Lipinski definition) is 3. The van der Waals surface area contributed by atoms with Crippen LogP contribution in [0.3, 0.4) is 0 Å². The maximum atomic E-state index is 9.33. The average molecular weight is 292 g/mol. The highest BCUT2D eigenvalue weighted by atomic mass is 35.5. The van der Waals surface area contributed by atoms with Gasteiger partial charge in [-0.05, 0) is 63.9 Å². The lowest BCUT2D eigenvalue weighted by Crippen LogP contribution is -2.39. The Kier molecular flexibility index (Phi) is 5.28. The van der Waals surface area contributed by atoms with E-state index in [4.69, 9.17) is 11.6 Å². The Morgan fingerprint density at radius 3 is 2.70 bits per heavy atom. The van der Waals surface area contributed by atoms with E-state index in [0.717, 1.165) is 25.3 Å². The summed E-state index contributed by atoms with van der Waals surface area (Å²) >= 11 is 5.99. The van der Waals surface area contributed by atoms with E-state index in [2.05, 4.69) is 30.1 Å². The Hall–Kier alpha value is -1.24. The van der Waals surface area contributed by atoms with Gasteiger partial charge in [0.1, 0.15) is 6.07 Å². The monoisotopic (exact) mass is 291 g/mol. The molecule has 0 spiro atoms. The van der Waals surface area contributed by atoms with Gasteiger partial charge in [0, 0.05) is 17.6 Å². The molecule has 0 atom stereocenters. The number of anilines is 1. The SMILES string of the molecule is CC(C)N(CC1CCNCC1)c1ccc(Cl)cc1C#N. The summed E-state index contributed by atoms with van der Waals surface area (Å²) < 4.78 is 0. The molecule has 0 unspecified atom stereocenters. The molecule has 1 aromatic carbocycles. The first-order valence-electron chi connectivity index (χ1n) is 7.29. The van der Waals surface area contributed by atoms with Crippen LogP contribution in [0.25, 0.3) is 0 Å². The number of nitrogens with zero attached hydrogens (tertiary/aromatic N) is 2. The molecule has 1 N–H and O–H groups in total. The molecule has 4 heteroatoms. The van der Waals surface area contributed by atoms with E-state index in [0.29, 0.717) is 22.5 Å². The third-order valence-corrected chi connectivity index (χ3v) is 4.16. The van der Waals surface area contributed by atoms with Crippen molar-refractivity contribution in [1.29, 1.82) is 5.26 Å². The molecule has 2 rings (SSSR count). The molecule has 0 aromatic heterocycles. The molecule has 20 heavy (non-hydrogen) atoms. The van der Waals surface area contributed by atoms with Gasteiger partial charge in [0.2, 0.25) is 0 Å². The van der Waals surface area contributed by atoms with Crippen LogP contribution < -0.4 is 10.2 Å². The topological polar surface area (TPSA) is 39.1 Å².